The van der Waals surface area contributed by atoms with E-state index in [0.29, 0.717) is 5.84 Å². The molecule has 0 radical (unpaired) electrons. The molecule has 2 aromatic carbocycles. The van der Waals surface area contributed by atoms with Gasteiger partial charge in [-0.3, -0.25) is 0 Å². The Morgan fingerprint density at radius 1 is 1.07 bits per heavy atom. The molecule has 1 heterocycles. The lowest BCUT2D eigenvalue weighted by molar-refractivity contribution is -0.104. The number of anilines is 1. The molecule has 6 nitrogen and oxygen atoms in total. The molecule has 4 rings (SSSR count). The van der Waals surface area contributed by atoms with E-state index in [9.17, 15) is 4.79 Å². The number of carbonyl (C=O) groups is 1. The van der Waals surface area contributed by atoms with Gasteiger partial charge in [-0.25, -0.2) is 15.2 Å². The number of hydrogen-bond acceptors (Lipinski definition) is 4. The summed E-state index contributed by atoms with van der Waals surface area (Å²) in [6.45, 7) is 4.11. The molecular formula is C21H24N4O2. The average Bonchev–Trinajstić information content (AvgIpc) is 3.24. The van der Waals surface area contributed by atoms with Crippen molar-refractivity contribution in [3.8, 4) is 0 Å². The maximum atomic E-state index is 12.6. The molecule has 2 aromatic rings. The Hall–Kier alpha value is -3.02. The van der Waals surface area contributed by atoms with Crippen LogP contribution in [0, 0.1) is 13.8 Å². The zero-order valence-corrected chi connectivity index (χ0v) is 15.7. The first-order valence-corrected chi connectivity index (χ1v) is 9.34. The standard InChI is InChI=1S/C21H24N4O2/c1-15-12-16(2)14-17(13-15)19-24-27-21(10-6-7-11-21)25(19)23-20(26)22-18-8-4-3-5-9-18/h3-5,8-9,12-14H,6-7,10-11H2,1-2H3,(H2,22,23,26). The summed E-state index contributed by atoms with van der Waals surface area (Å²) in [5.41, 5.74) is 6.35. The van der Waals surface area contributed by atoms with Crippen LogP contribution in [0.5, 0.6) is 0 Å². The third-order valence-corrected chi connectivity index (χ3v) is 5.03. The highest BCUT2D eigenvalue weighted by atomic mass is 16.7. The average molecular weight is 364 g/mol. The number of carbonyl (C=O) groups excluding carboxylic acids is 1. The Balaban J connectivity index is 1.60. The number of amidine groups is 1. The van der Waals surface area contributed by atoms with E-state index in [4.69, 9.17) is 4.84 Å². The van der Waals surface area contributed by atoms with Crippen LogP contribution in [0.15, 0.2) is 53.7 Å². The normalized spacial score (nSPS) is 17.6. The first-order valence-electron chi connectivity index (χ1n) is 9.34. The molecule has 2 N–H and O–H groups in total. The fraction of sp³-hybridized carbons (Fsp3) is 0.333. The van der Waals surface area contributed by atoms with E-state index in [2.05, 4.69) is 47.9 Å². The second-order valence-electron chi connectivity index (χ2n) is 7.30. The number of oxime groups is 1. The molecule has 6 heteroatoms. The highest BCUT2D eigenvalue weighted by Crippen LogP contribution is 2.40. The summed E-state index contributed by atoms with van der Waals surface area (Å²) in [6.07, 6.45) is 3.76. The summed E-state index contributed by atoms with van der Waals surface area (Å²) < 4.78 is 0. The van der Waals surface area contributed by atoms with Crippen LogP contribution >= 0.6 is 0 Å². The monoisotopic (exact) mass is 364 g/mol. The maximum absolute atomic E-state index is 12.6. The SMILES string of the molecule is Cc1cc(C)cc(C2=NOC3(CCCC3)N2NC(=O)Nc2ccccc2)c1. The lowest BCUT2D eigenvalue weighted by atomic mass is 10.1. The van der Waals surface area contributed by atoms with Crippen molar-refractivity contribution < 1.29 is 9.63 Å². The highest BCUT2D eigenvalue weighted by Gasteiger charge is 2.49. The van der Waals surface area contributed by atoms with Gasteiger partial charge in [-0.15, -0.1) is 0 Å². The summed E-state index contributed by atoms with van der Waals surface area (Å²) in [7, 11) is 0. The van der Waals surface area contributed by atoms with Gasteiger partial charge in [0.25, 0.3) is 0 Å². The summed E-state index contributed by atoms with van der Waals surface area (Å²) in [6, 6.07) is 15.3. The summed E-state index contributed by atoms with van der Waals surface area (Å²) in [5.74, 6) is 0.645. The van der Waals surface area contributed by atoms with Crippen molar-refractivity contribution in [2.75, 3.05) is 5.32 Å². The molecule has 1 spiro atoms. The van der Waals surface area contributed by atoms with E-state index in [1.54, 1.807) is 0 Å². The zero-order valence-electron chi connectivity index (χ0n) is 15.7. The predicted molar refractivity (Wildman–Crippen MR) is 105 cm³/mol. The number of hydrazine groups is 1. The third kappa shape index (κ3) is 3.47. The number of nitrogens with one attached hydrogen (secondary N) is 2. The van der Waals surface area contributed by atoms with Gasteiger partial charge in [0.15, 0.2) is 5.84 Å². The van der Waals surface area contributed by atoms with E-state index in [0.717, 1.165) is 48.1 Å². The number of rotatable bonds is 3. The van der Waals surface area contributed by atoms with Crippen molar-refractivity contribution >= 4 is 17.6 Å². The van der Waals surface area contributed by atoms with Gasteiger partial charge in [-0.1, -0.05) is 40.5 Å². The molecule has 1 aliphatic carbocycles. The number of hydrogen-bond donors (Lipinski definition) is 2. The molecule has 0 aromatic heterocycles. The second-order valence-corrected chi connectivity index (χ2v) is 7.30. The molecule has 1 fully saturated rings. The number of benzene rings is 2. The van der Waals surface area contributed by atoms with Crippen molar-refractivity contribution in [3.05, 3.63) is 65.2 Å². The van der Waals surface area contributed by atoms with Gasteiger partial charge < -0.3 is 10.2 Å². The van der Waals surface area contributed by atoms with Crippen molar-refractivity contribution in [1.29, 1.82) is 0 Å². The van der Waals surface area contributed by atoms with E-state index in [-0.39, 0.29) is 6.03 Å². The number of para-hydroxylation sites is 1. The largest absolute Gasteiger partial charge is 0.363 e. The molecule has 27 heavy (non-hydrogen) atoms. The summed E-state index contributed by atoms with van der Waals surface area (Å²) in [5, 5.41) is 9.04. The van der Waals surface area contributed by atoms with E-state index >= 15 is 0 Å². The molecule has 0 bridgehead atoms. The van der Waals surface area contributed by atoms with Gasteiger partial charge in [0.1, 0.15) is 0 Å². The van der Waals surface area contributed by atoms with Gasteiger partial charge in [0.2, 0.25) is 5.72 Å². The van der Waals surface area contributed by atoms with Crippen LogP contribution in [-0.4, -0.2) is 22.6 Å². The van der Waals surface area contributed by atoms with Gasteiger partial charge in [0.05, 0.1) is 0 Å². The molecule has 140 valence electrons. The highest BCUT2D eigenvalue weighted by molar-refractivity contribution is 6.01. The van der Waals surface area contributed by atoms with Crippen LogP contribution in [0.1, 0.15) is 42.4 Å². The van der Waals surface area contributed by atoms with Crippen molar-refractivity contribution in [2.45, 2.75) is 45.3 Å². The van der Waals surface area contributed by atoms with Crippen molar-refractivity contribution in [1.82, 2.24) is 10.4 Å². The minimum Gasteiger partial charge on any atom is -0.363 e. The summed E-state index contributed by atoms with van der Waals surface area (Å²) >= 11 is 0. The van der Waals surface area contributed by atoms with Gasteiger partial charge in [-0.2, -0.15) is 0 Å². The Morgan fingerprint density at radius 2 is 1.74 bits per heavy atom. The third-order valence-electron chi connectivity index (χ3n) is 5.03. The van der Waals surface area contributed by atoms with Gasteiger partial charge >= 0.3 is 6.03 Å². The van der Waals surface area contributed by atoms with Crippen LogP contribution in [0.2, 0.25) is 0 Å². The fourth-order valence-corrected chi connectivity index (χ4v) is 3.87. The van der Waals surface area contributed by atoms with Crippen LogP contribution in [-0.2, 0) is 4.84 Å². The Morgan fingerprint density at radius 3 is 2.41 bits per heavy atom. The Bertz CT molecular complexity index is 853. The van der Waals surface area contributed by atoms with Crippen molar-refractivity contribution in [3.63, 3.8) is 0 Å². The van der Waals surface area contributed by atoms with Crippen LogP contribution in [0.4, 0.5) is 10.5 Å². The molecule has 0 unspecified atom stereocenters. The molecule has 2 aliphatic rings. The first kappa shape index (κ1) is 17.4. The Labute approximate surface area is 159 Å². The topological polar surface area (TPSA) is 66.0 Å². The summed E-state index contributed by atoms with van der Waals surface area (Å²) in [4.78, 5) is 18.5. The lowest BCUT2D eigenvalue weighted by Crippen LogP contribution is -2.57. The van der Waals surface area contributed by atoms with Crippen LogP contribution in [0.25, 0.3) is 0 Å². The predicted octanol–water partition coefficient (Wildman–Crippen LogP) is 4.30. The first-order chi connectivity index (χ1) is 13.1. The Kier molecular flexibility index (Phi) is 4.48. The van der Waals surface area contributed by atoms with E-state index in [1.807, 2.05) is 35.3 Å². The minimum atomic E-state index is -0.596. The van der Waals surface area contributed by atoms with Crippen LogP contribution < -0.4 is 10.7 Å². The zero-order chi connectivity index (χ0) is 18.9. The quantitative estimate of drug-likeness (QED) is 0.853. The fourth-order valence-electron chi connectivity index (χ4n) is 3.87. The maximum Gasteiger partial charge on any atom is 0.338 e. The van der Waals surface area contributed by atoms with Crippen LogP contribution in [0.3, 0.4) is 0 Å². The molecular weight excluding hydrogens is 340 g/mol. The smallest absolute Gasteiger partial charge is 0.338 e. The minimum absolute atomic E-state index is 0.310. The molecule has 1 aliphatic heterocycles. The van der Waals surface area contributed by atoms with Gasteiger partial charge in [0, 0.05) is 24.1 Å². The lowest BCUT2D eigenvalue weighted by Gasteiger charge is -2.33. The van der Waals surface area contributed by atoms with E-state index in [1.165, 1.54) is 0 Å². The second kappa shape index (κ2) is 6.95. The van der Waals surface area contributed by atoms with E-state index < -0.39 is 5.72 Å². The molecule has 2 amide bonds. The number of nitrogens with zero attached hydrogens (tertiary/aromatic N) is 2. The number of aryl methyl sites for hydroxylation is 2. The number of urea groups is 1. The number of amides is 2. The van der Waals surface area contributed by atoms with Gasteiger partial charge in [-0.05, 0) is 51.0 Å². The van der Waals surface area contributed by atoms with Crippen molar-refractivity contribution in [2.24, 2.45) is 5.16 Å². The molecule has 0 atom stereocenters. The molecule has 0 saturated heterocycles. The molecule has 1 saturated carbocycles.